The highest BCUT2D eigenvalue weighted by Gasteiger charge is 2.37. The molecule has 1 aromatic heterocycles. The minimum absolute atomic E-state index is 0.106. The number of hydrogen-bond donors (Lipinski definition) is 1. The molecule has 0 unspecified atom stereocenters. The van der Waals surface area contributed by atoms with Crippen molar-refractivity contribution in [3.05, 3.63) is 45.6 Å². The van der Waals surface area contributed by atoms with Gasteiger partial charge in [0.1, 0.15) is 6.10 Å². The van der Waals surface area contributed by atoms with Crippen LogP contribution in [0.25, 0.3) is 0 Å². The van der Waals surface area contributed by atoms with Crippen molar-refractivity contribution in [2.75, 3.05) is 36.0 Å². The van der Waals surface area contributed by atoms with Crippen LogP contribution in [0.2, 0.25) is 22.5 Å². The molecule has 0 saturated carbocycles. The van der Waals surface area contributed by atoms with Gasteiger partial charge in [-0.25, -0.2) is 4.79 Å². The molecule has 188 valence electrons. The fraction of sp³-hybridized carbons (Fsp3) is 0.458. The first-order chi connectivity index (χ1) is 16.4. The number of anilines is 2. The van der Waals surface area contributed by atoms with E-state index in [0.29, 0.717) is 34.6 Å². The third kappa shape index (κ3) is 6.76. The van der Waals surface area contributed by atoms with Crippen LogP contribution in [0.4, 0.5) is 16.2 Å². The number of thiophene rings is 1. The van der Waals surface area contributed by atoms with Crippen LogP contribution in [0.3, 0.4) is 0 Å². The van der Waals surface area contributed by atoms with E-state index >= 15 is 0 Å². The first-order valence-corrected chi connectivity index (χ1v) is 15.4. The van der Waals surface area contributed by atoms with Gasteiger partial charge in [0, 0.05) is 5.69 Å². The smallest absolute Gasteiger partial charge is 0.414 e. The van der Waals surface area contributed by atoms with Crippen LogP contribution in [0.15, 0.2) is 36.4 Å². The molecule has 2 amide bonds. The molecule has 1 fully saturated rings. The van der Waals surface area contributed by atoms with Gasteiger partial charge in [0.2, 0.25) is 0 Å². The zero-order chi connectivity index (χ0) is 25.8. The number of cyclic esters (lactones) is 1. The summed E-state index contributed by atoms with van der Waals surface area (Å²) in [6, 6.07) is 10.5. The highest BCUT2D eigenvalue weighted by molar-refractivity contribution is 7.18. The fourth-order valence-corrected chi connectivity index (χ4v) is 5.22. The molecule has 3 rings (SSSR count). The lowest BCUT2D eigenvalue weighted by Gasteiger charge is -2.36. The quantitative estimate of drug-likeness (QED) is 0.260. The molecule has 0 bridgehead atoms. The van der Waals surface area contributed by atoms with Crippen molar-refractivity contribution < 1.29 is 18.8 Å². The molecule has 1 aliphatic heterocycles. The zero-order valence-electron chi connectivity index (χ0n) is 20.6. The summed E-state index contributed by atoms with van der Waals surface area (Å²) in [5, 5.41) is 12.5. The molecule has 11 heteroatoms. The van der Waals surface area contributed by atoms with Gasteiger partial charge in [-0.2, -0.15) is 5.26 Å². The Hall–Kier alpha value is -2.58. The van der Waals surface area contributed by atoms with Gasteiger partial charge in [-0.1, -0.05) is 32.4 Å². The molecule has 1 atom stereocenters. The van der Waals surface area contributed by atoms with Crippen molar-refractivity contribution in [1.29, 1.82) is 5.26 Å². The van der Waals surface area contributed by atoms with Crippen LogP contribution in [0.1, 0.15) is 30.4 Å². The van der Waals surface area contributed by atoms with E-state index in [1.165, 1.54) is 16.2 Å². The minimum atomic E-state index is -1.88. The Morgan fingerprint density at radius 2 is 2.00 bits per heavy atom. The van der Waals surface area contributed by atoms with Crippen molar-refractivity contribution in [2.24, 2.45) is 0 Å². The lowest BCUT2D eigenvalue weighted by atomic mass is 10.2. The Morgan fingerprint density at radius 3 is 2.57 bits per heavy atom. The van der Waals surface area contributed by atoms with Crippen LogP contribution in [-0.2, 0) is 9.16 Å². The summed E-state index contributed by atoms with van der Waals surface area (Å²) in [7, 11) is -1.88. The van der Waals surface area contributed by atoms with Crippen LogP contribution in [-0.4, -0.2) is 52.7 Å². The maximum atomic E-state index is 12.4. The number of carbonyl (C=O) groups is 2. The average molecular weight is 535 g/mol. The van der Waals surface area contributed by atoms with Crippen molar-refractivity contribution in [2.45, 2.75) is 45.0 Å². The molecule has 1 saturated heterocycles. The predicted octanol–water partition coefficient (Wildman–Crippen LogP) is 5.47. The van der Waals surface area contributed by atoms with Gasteiger partial charge >= 0.3 is 6.09 Å². The highest BCUT2D eigenvalue weighted by Crippen LogP contribution is 2.36. The van der Waals surface area contributed by atoms with Gasteiger partial charge in [-0.05, 0) is 54.5 Å². The number of amides is 2. The molecule has 1 aliphatic rings. The number of rotatable bonds is 9. The third-order valence-electron chi connectivity index (χ3n) is 6.34. The van der Waals surface area contributed by atoms with Crippen molar-refractivity contribution >= 4 is 54.6 Å². The second-order valence-electron chi connectivity index (χ2n) is 9.81. The molecule has 8 nitrogen and oxygen atoms in total. The second-order valence-corrected chi connectivity index (χ2v) is 16.3. The van der Waals surface area contributed by atoms with Crippen LogP contribution in [0, 0.1) is 11.5 Å². The number of carbonyl (C=O) groups excluding carboxylic acids is 2. The first-order valence-electron chi connectivity index (χ1n) is 11.3. The van der Waals surface area contributed by atoms with E-state index in [2.05, 4.69) is 45.4 Å². The molecule has 2 heterocycles. The summed E-state index contributed by atoms with van der Waals surface area (Å²) in [4.78, 5) is 28.2. The summed E-state index contributed by atoms with van der Waals surface area (Å²) >= 11 is 7.06. The standard InChI is InChI=1S/C24H31ClN4O4SSi/c1-24(2,3)35(4,5)32-13-12-28(16-26)17-6-8-18(9-7-17)29-15-19(33-23(29)31)14-27-22(30)20-10-11-21(25)34-20/h6-11,19H,12-15H2,1-5H3,(H,27,30)/t19-/m0/s1. The van der Waals surface area contributed by atoms with Gasteiger partial charge in [-0.15, -0.1) is 11.3 Å². The largest absolute Gasteiger partial charge is 0.442 e. The van der Waals surface area contributed by atoms with E-state index in [4.69, 9.17) is 20.8 Å². The maximum Gasteiger partial charge on any atom is 0.414 e. The Balaban J connectivity index is 1.54. The number of benzene rings is 1. The topological polar surface area (TPSA) is 94.9 Å². The fourth-order valence-electron chi connectivity index (χ4n) is 3.23. The summed E-state index contributed by atoms with van der Waals surface area (Å²) in [5.41, 5.74) is 1.38. The number of nitrogens with one attached hydrogen (secondary N) is 1. The zero-order valence-corrected chi connectivity index (χ0v) is 23.2. The van der Waals surface area contributed by atoms with E-state index < -0.39 is 20.5 Å². The number of ether oxygens (including phenoxy) is 1. The average Bonchev–Trinajstić information content (AvgIpc) is 3.40. The molecule has 2 aromatic rings. The van der Waals surface area contributed by atoms with E-state index in [1.807, 2.05) is 0 Å². The molecule has 0 radical (unpaired) electrons. The summed E-state index contributed by atoms with van der Waals surface area (Å²) in [6.07, 6.45) is 1.26. The van der Waals surface area contributed by atoms with Gasteiger partial charge in [0.25, 0.3) is 5.91 Å². The van der Waals surface area contributed by atoms with Gasteiger partial charge < -0.3 is 14.5 Å². The van der Waals surface area contributed by atoms with Crippen LogP contribution < -0.4 is 15.1 Å². The maximum absolute atomic E-state index is 12.4. The predicted molar refractivity (Wildman–Crippen MR) is 142 cm³/mol. The molecule has 0 spiro atoms. The number of nitriles is 1. The molecule has 35 heavy (non-hydrogen) atoms. The summed E-state index contributed by atoms with van der Waals surface area (Å²) in [6.45, 7) is 12.3. The van der Waals surface area contributed by atoms with Crippen LogP contribution >= 0.6 is 22.9 Å². The number of hydrogen-bond acceptors (Lipinski definition) is 7. The lowest BCUT2D eigenvalue weighted by Crippen LogP contribution is -2.42. The summed E-state index contributed by atoms with van der Waals surface area (Å²) in [5.74, 6) is -0.255. The minimum Gasteiger partial charge on any atom is -0.442 e. The highest BCUT2D eigenvalue weighted by atomic mass is 35.5. The van der Waals surface area contributed by atoms with Gasteiger partial charge in [-0.3, -0.25) is 14.6 Å². The number of halogens is 1. The third-order valence-corrected chi connectivity index (χ3v) is 12.1. The first kappa shape index (κ1) is 27.0. The Kier molecular flexibility index (Phi) is 8.49. The monoisotopic (exact) mass is 534 g/mol. The SMILES string of the molecule is CC(C)(C)[Si](C)(C)OCCN(C#N)c1ccc(N2C[C@H](CNC(=O)c3ccc(Cl)s3)OC2=O)cc1. The molecule has 1 N–H and O–H groups in total. The second kappa shape index (κ2) is 11.0. The molecule has 0 aliphatic carbocycles. The lowest BCUT2D eigenvalue weighted by molar-refractivity contribution is 0.0920. The molecular weight excluding hydrogens is 504 g/mol. The van der Waals surface area contributed by atoms with E-state index in [9.17, 15) is 14.9 Å². The van der Waals surface area contributed by atoms with Crippen molar-refractivity contribution in [3.63, 3.8) is 0 Å². The Labute approximate surface area is 216 Å². The van der Waals surface area contributed by atoms with Gasteiger partial charge in [0.05, 0.1) is 41.1 Å². The Bertz CT molecular complexity index is 1090. The molecular formula is C24H31ClN4O4SSi. The summed E-state index contributed by atoms with van der Waals surface area (Å²) < 4.78 is 12.1. The van der Waals surface area contributed by atoms with Gasteiger partial charge in [0.15, 0.2) is 14.5 Å². The normalized spacial score (nSPS) is 16.1. The van der Waals surface area contributed by atoms with Crippen molar-refractivity contribution in [1.82, 2.24) is 5.32 Å². The van der Waals surface area contributed by atoms with E-state index in [0.717, 1.165) is 5.69 Å². The molecule has 1 aromatic carbocycles. The van der Waals surface area contributed by atoms with Crippen molar-refractivity contribution in [3.8, 4) is 6.19 Å². The van der Waals surface area contributed by atoms with E-state index in [-0.39, 0.29) is 17.5 Å². The van der Waals surface area contributed by atoms with E-state index in [1.54, 1.807) is 41.3 Å². The Morgan fingerprint density at radius 1 is 1.31 bits per heavy atom. The number of nitrogens with zero attached hydrogens (tertiary/aromatic N) is 3. The van der Waals surface area contributed by atoms with Crippen LogP contribution in [0.5, 0.6) is 0 Å².